The van der Waals surface area contributed by atoms with Crippen LogP contribution in [0.5, 0.6) is 0 Å². The van der Waals surface area contributed by atoms with Crippen LogP contribution in [-0.4, -0.2) is 23.1 Å². The lowest BCUT2D eigenvalue weighted by Gasteiger charge is -2.20. The summed E-state index contributed by atoms with van der Waals surface area (Å²) in [6.45, 7) is 6.67. The van der Waals surface area contributed by atoms with Gasteiger partial charge in [0.05, 0.1) is 18.1 Å². The topological polar surface area (TPSA) is 29.0 Å². The number of fused-ring (bicyclic) bond motifs is 1. The summed E-state index contributed by atoms with van der Waals surface area (Å²) in [5, 5.41) is 0. The van der Waals surface area contributed by atoms with Crippen LogP contribution in [0.2, 0.25) is 0 Å². The zero-order chi connectivity index (χ0) is 10.4. The van der Waals surface area contributed by atoms with Gasteiger partial charge in [0.25, 0.3) is 0 Å². The van der Waals surface area contributed by atoms with Gasteiger partial charge in [0.1, 0.15) is 5.82 Å². The highest BCUT2D eigenvalue weighted by Crippen LogP contribution is 2.53. The van der Waals surface area contributed by atoms with E-state index in [1.165, 1.54) is 19.5 Å². The fourth-order valence-corrected chi connectivity index (χ4v) is 2.99. The van der Waals surface area contributed by atoms with Crippen LogP contribution in [0.1, 0.15) is 19.0 Å². The molecule has 0 radical (unpaired) electrons. The minimum absolute atomic E-state index is 0.943. The minimum Gasteiger partial charge on any atom is -0.355 e. The zero-order valence-corrected chi connectivity index (χ0v) is 9.35. The van der Waals surface area contributed by atoms with E-state index in [4.69, 9.17) is 0 Å². The molecule has 1 aromatic rings. The lowest BCUT2D eigenvalue weighted by molar-refractivity contribution is 0.617. The average Bonchev–Trinajstić information content (AvgIpc) is 2.72. The van der Waals surface area contributed by atoms with Crippen LogP contribution in [0.3, 0.4) is 0 Å². The number of nitrogens with zero attached hydrogens (tertiary/aromatic N) is 3. The first kappa shape index (κ1) is 9.13. The number of aryl methyl sites for hydroxylation is 1. The molecule has 3 heteroatoms. The fraction of sp³-hybridized carbons (Fsp3) is 0.667. The van der Waals surface area contributed by atoms with Crippen LogP contribution >= 0.6 is 0 Å². The van der Waals surface area contributed by atoms with Gasteiger partial charge in [-0.15, -0.1) is 0 Å². The van der Waals surface area contributed by atoms with Gasteiger partial charge in [0.15, 0.2) is 0 Å². The van der Waals surface area contributed by atoms with E-state index in [1.807, 2.05) is 19.3 Å². The lowest BCUT2D eigenvalue weighted by atomic mass is 10.2. The molecule has 2 heterocycles. The highest BCUT2D eigenvalue weighted by atomic mass is 15.2. The second-order valence-corrected chi connectivity index (χ2v) is 4.82. The number of anilines is 1. The van der Waals surface area contributed by atoms with Crippen molar-refractivity contribution in [3.8, 4) is 0 Å². The molecular weight excluding hydrogens is 186 g/mol. The fourth-order valence-electron chi connectivity index (χ4n) is 2.99. The van der Waals surface area contributed by atoms with Gasteiger partial charge in [-0.1, -0.05) is 13.3 Å². The highest BCUT2D eigenvalue weighted by Gasteiger charge is 2.54. The summed E-state index contributed by atoms with van der Waals surface area (Å²) in [5.74, 6) is 3.94. The van der Waals surface area contributed by atoms with E-state index in [0.29, 0.717) is 0 Å². The number of hydrogen-bond donors (Lipinski definition) is 0. The van der Waals surface area contributed by atoms with Gasteiger partial charge < -0.3 is 4.90 Å². The van der Waals surface area contributed by atoms with E-state index >= 15 is 0 Å². The van der Waals surface area contributed by atoms with Gasteiger partial charge >= 0.3 is 0 Å². The summed E-state index contributed by atoms with van der Waals surface area (Å²) >= 11 is 0. The number of aromatic nitrogens is 2. The Morgan fingerprint density at radius 3 is 2.53 bits per heavy atom. The quantitative estimate of drug-likeness (QED) is 0.735. The SMILES string of the molecule is CCC1C2CN(c3cnc(C)cn3)CC12. The predicted molar refractivity (Wildman–Crippen MR) is 59.7 cm³/mol. The molecule has 2 atom stereocenters. The van der Waals surface area contributed by atoms with E-state index < -0.39 is 0 Å². The van der Waals surface area contributed by atoms with Gasteiger partial charge in [0, 0.05) is 13.1 Å². The standard InChI is InChI=1S/C12H17N3/c1-3-9-10-6-15(7-11(9)10)12-5-13-8(2)4-14-12/h4-5,9-11H,3,6-7H2,1-2H3. The summed E-state index contributed by atoms with van der Waals surface area (Å²) in [6, 6.07) is 0. The van der Waals surface area contributed by atoms with Crippen molar-refractivity contribution in [1.82, 2.24) is 9.97 Å². The van der Waals surface area contributed by atoms with Crippen molar-refractivity contribution >= 4 is 5.82 Å². The van der Waals surface area contributed by atoms with E-state index in [0.717, 1.165) is 29.3 Å². The van der Waals surface area contributed by atoms with Gasteiger partial charge in [-0.25, -0.2) is 4.98 Å². The van der Waals surface area contributed by atoms with Crippen molar-refractivity contribution in [1.29, 1.82) is 0 Å². The molecule has 2 fully saturated rings. The molecule has 2 aliphatic rings. The Labute approximate surface area is 90.5 Å². The van der Waals surface area contributed by atoms with Crippen molar-refractivity contribution < 1.29 is 0 Å². The molecule has 0 bridgehead atoms. The maximum atomic E-state index is 4.43. The van der Waals surface area contributed by atoms with Crippen molar-refractivity contribution in [2.45, 2.75) is 20.3 Å². The molecule has 1 saturated carbocycles. The molecule has 1 saturated heterocycles. The first-order chi connectivity index (χ1) is 7.29. The minimum atomic E-state index is 0.943. The van der Waals surface area contributed by atoms with E-state index in [1.54, 1.807) is 0 Å². The van der Waals surface area contributed by atoms with E-state index in [9.17, 15) is 0 Å². The van der Waals surface area contributed by atoms with Crippen LogP contribution in [0.25, 0.3) is 0 Å². The van der Waals surface area contributed by atoms with Crippen LogP contribution in [0.15, 0.2) is 12.4 Å². The van der Waals surface area contributed by atoms with Crippen LogP contribution in [0.4, 0.5) is 5.82 Å². The van der Waals surface area contributed by atoms with Gasteiger partial charge in [0.2, 0.25) is 0 Å². The lowest BCUT2D eigenvalue weighted by Crippen LogP contribution is -2.24. The van der Waals surface area contributed by atoms with Crippen molar-refractivity contribution in [2.75, 3.05) is 18.0 Å². The molecule has 0 aromatic carbocycles. The molecule has 2 unspecified atom stereocenters. The Morgan fingerprint density at radius 1 is 1.27 bits per heavy atom. The predicted octanol–water partition coefficient (Wildman–Crippen LogP) is 1.88. The van der Waals surface area contributed by atoms with E-state index in [-0.39, 0.29) is 0 Å². The molecule has 80 valence electrons. The molecule has 1 aliphatic heterocycles. The van der Waals surface area contributed by atoms with Crippen LogP contribution < -0.4 is 4.90 Å². The molecular formula is C12H17N3. The first-order valence-electron chi connectivity index (χ1n) is 5.83. The Balaban J connectivity index is 1.69. The third-order valence-electron chi connectivity index (χ3n) is 3.93. The smallest absolute Gasteiger partial charge is 0.147 e. The molecule has 1 aromatic heterocycles. The summed E-state index contributed by atoms with van der Waals surface area (Å²) in [7, 11) is 0. The van der Waals surface area contributed by atoms with Crippen LogP contribution in [-0.2, 0) is 0 Å². The van der Waals surface area contributed by atoms with Crippen molar-refractivity contribution in [2.24, 2.45) is 17.8 Å². The number of hydrogen-bond acceptors (Lipinski definition) is 3. The highest BCUT2D eigenvalue weighted by molar-refractivity contribution is 5.40. The number of rotatable bonds is 2. The molecule has 0 spiro atoms. The van der Waals surface area contributed by atoms with E-state index in [2.05, 4.69) is 21.8 Å². The Kier molecular flexibility index (Phi) is 1.94. The first-order valence-corrected chi connectivity index (χ1v) is 5.83. The van der Waals surface area contributed by atoms with Crippen LogP contribution in [0, 0.1) is 24.7 Å². The normalized spacial score (nSPS) is 32.9. The Bertz CT molecular complexity index is 348. The zero-order valence-electron chi connectivity index (χ0n) is 9.35. The molecule has 3 rings (SSSR count). The van der Waals surface area contributed by atoms with Gasteiger partial charge in [-0.2, -0.15) is 0 Å². The second-order valence-electron chi connectivity index (χ2n) is 4.82. The maximum Gasteiger partial charge on any atom is 0.147 e. The monoisotopic (exact) mass is 203 g/mol. The maximum absolute atomic E-state index is 4.43. The Morgan fingerprint density at radius 2 is 2.00 bits per heavy atom. The third-order valence-corrected chi connectivity index (χ3v) is 3.93. The summed E-state index contributed by atoms with van der Waals surface area (Å²) in [4.78, 5) is 11.1. The second kappa shape index (κ2) is 3.19. The summed E-state index contributed by atoms with van der Waals surface area (Å²) in [6.07, 6.45) is 5.11. The molecule has 3 nitrogen and oxygen atoms in total. The molecule has 0 amide bonds. The third kappa shape index (κ3) is 1.41. The van der Waals surface area contributed by atoms with Gasteiger partial charge in [-0.3, -0.25) is 4.98 Å². The average molecular weight is 203 g/mol. The summed E-state index contributed by atoms with van der Waals surface area (Å²) < 4.78 is 0. The van der Waals surface area contributed by atoms with Crippen molar-refractivity contribution in [3.05, 3.63) is 18.1 Å². The largest absolute Gasteiger partial charge is 0.355 e. The van der Waals surface area contributed by atoms with Crippen molar-refractivity contribution in [3.63, 3.8) is 0 Å². The Hall–Kier alpha value is -1.12. The molecule has 0 N–H and O–H groups in total. The van der Waals surface area contributed by atoms with Gasteiger partial charge in [-0.05, 0) is 24.7 Å². The summed E-state index contributed by atoms with van der Waals surface area (Å²) in [5.41, 5.74) is 0.995. The number of piperidine rings is 1. The molecule has 15 heavy (non-hydrogen) atoms. The molecule has 1 aliphatic carbocycles.